The highest BCUT2D eigenvalue weighted by Gasteiger charge is 2.36. The Labute approximate surface area is 168 Å². The van der Waals surface area contributed by atoms with Crippen LogP contribution >= 0.6 is 11.6 Å². The molecule has 1 heterocycles. The molecule has 0 aliphatic heterocycles. The van der Waals surface area contributed by atoms with Crippen LogP contribution in [0.1, 0.15) is 11.5 Å². The third-order valence-corrected chi connectivity index (χ3v) is 5.05. The zero-order valence-corrected chi connectivity index (χ0v) is 16.1. The molecule has 3 rings (SSSR count). The van der Waals surface area contributed by atoms with Gasteiger partial charge in [-0.3, -0.25) is 0 Å². The van der Waals surface area contributed by atoms with Crippen molar-refractivity contribution in [1.82, 2.24) is 10.1 Å². The van der Waals surface area contributed by atoms with Crippen molar-refractivity contribution in [3.05, 3.63) is 58.9 Å². The predicted octanol–water partition coefficient (Wildman–Crippen LogP) is 3.71. The van der Waals surface area contributed by atoms with Crippen LogP contribution in [0.3, 0.4) is 0 Å². The predicted molar refractivity (Wildman–Crippen MR) is 99.8 cm³/mol. The molecule has 3 aromatic rings. The van der Waals surface area contributed by atoms with E-state index in [-0.39, 0.29) is 24.5 Å². The zero-order valence-electron chi connectivity index (χ0n) is 14.6. The first kappa shape index (κ1) is 21.1. The maximum Gasteiger partial charge on any atom is 0.417 e. The van der Waals surface area contributed by atoms with Gasteiger partial charge < -0.3 is 9.84 Å². The van der Waals surface area contributed by atoms with Gasteiger partial charge in [0.25, 0.3) is 0 Å². The highest BCUT2D eigenvalue weighted by atomic mass is 35.5. The van der Waals surface area contributed by atoms with E-state index >= 15 is 0 Å². The smallest absolute Gasteiger partial charge is 0.385 e. The number of nitrogens with one attached hydrogen (secondary N) is 1. The maximum atomic E-state index is 13.1. The molecule has 0 bridgehead atoms. The number of nitrogens with zero attached hydrogens (tertiary/aromatic N) is 2. The van der Waals surface area contributed by atoms with Crippen molar-refractivity contribution in [3.8, 4) is 11.4 Å². The average Bonchev–Trinajstić information content (AvgIpc) is 3.09. The second-order valence-corrected chi connectivity index (χ2v) is 7.92. The van der Waals surface area contributed by atoms with E-state index in [0.29, 0.717) is 22.5 Å². The molecule has 0 aliphatic rings. The lowest BCUT2D eigenvalue weighted by Gasteiger charge is -2.14. The second kappa shape index (κ2) is 8.01. The van der Waals surface area contributed by atoms with Gasteiger partial charge in [0.1, 0.15) is 0 Å². The Kier molecular flexibility index (Phi) is 5.82. The summed E-state index contributed by atoms with van der Waals surface area (Å²) in [6.07, 6.45) is -4.64. The van der Waals surface area contributed by atoms with Crippen LogP contribution < -0.4 is 10.5 Å². The van der Waals surface area contributed by atoms with E-state index in [0.717, 1.165) is 6.07 Å². The largest absolute Gasteiger partial charge is 0.417 e. The van der Waals surface area contributed by atoms with Gasteiger partial charge in [0.15, 0.2) is 0 Å². The van der Waals surface area contributed by atoms with Gasteiger partial charge in [-0.05, 0) is 42.5 Å². The number of primary sulfonamides is 1. The molecule has 0 spiro atoms. The van der Waals surface area contributed by atoms with Crippen LogP contribution in [-0.2, 0) is 22.6 Å². The summed E-state index contributed by atoms with van der Waals surface area (Å²) >= 11 is 5.82. The number of rotatable bonds is 6. The van der Waals surface area contributed by atoms with Crippen molar-refractivity contribution >= 4 is 27.3 Å². The van der Waals surface area contributed by atoms with Gasteiger partial charge in [-0.1, -0.05) is 16.8 Å². The molecule has 0 unspecified atom stereocenters. The molecule has 0 aliphatic carbocycles. The minimum Gasteiger partial charge on any atom is -0.385 e. The molecule has 0 atom stereocenters. The standard InChI is InChI=1S/C17H14ClF3N4O3S/c18-11-3-1-10(2-4-11)16-24-15(28-25-16)7-8-23-12-5-6-14(29(22,26)27)13(9-12)17(19,20)21/h1-6,9,23H,7-8H2,(H2,22,26,27). The minimum absolute atomic E-state index is 0.0714. The molecular formula is C17H14ClF3N4O3S. The molecule has 29 heavy (non-hydrogen) atoms. The Morgan fingerprint density at radius 1 is 1.14 bits per heavy atom. The Morgan fingerprint density at radius 3 is 2.45 bits per heavy atom. The van der Waals surface area contributed by atoms with E-state index in [9.17, 15) is 21.6 Å². The van der Waals surface area contributed by atoms with Gasteiger partial charge in [0.05, 0.1) is 10.5 Å². The summed E-state index contributed by atoms with van der Waals surface area (Å²) in [5.74, 6) is 0.633. The lowest BCUT2D eigenvalue weighted by Crippen LogP contribution is -2.19. The fourth-order valence-electron chi connectivity index (χ4n) is 2.50. The van der Waals surface area contributed by atoms with Gasteiger partial charge in [-0.25, -0.2) is 13.6 Å². The summed E-state index contributed by atoms with van der Waals surface area (Å²) in [6, 6.07) is 9.50. The van der Waals surface area contributed by atoms with Crippen LogP contribution in [0.4, 0.5) is 18.9 Å². The molecule has 2 aromatic carbocycles. The Bertz CT molecular complexity index is 1120. The van der Waals surface area contributed by atoms with Crippen molar-refractivity contribution < 1.29 is 26.1 Å². The average molecular weight is 447 g/mol. The van der Waals surface area contributed by atoms with E-state index in [2.05, 4.69) is 15.5 Å². The summed E-state index contributed by atoms with van der Waals surface area (Å²) in [5.41, 5.74) is -0.569. The van der Waals surface area contributed by atoms with Crippen molar-refractivity contribution in [1.29, 1.82) is 0 Å². The Hall–Kier alpha value is -2.63. The molecule has 0 saturated carbocycles. The fraction of sp³-hybridized carbons (Fsp3) is 0.176. The molecular weight excluding hydrogens is 433 g/mol. The molecule has 7 nitrogen and oxygen atoms in total. The monoisotopic (exact) mass is 446 g/mol. The highest BCUT2D eigenvalue weighted by molar-refractivity contribution is 7.89. The topological polar surface area (TPSA) is 111 Å². The molecule has 12 heteroatoms. The van der Waals surface area contributed by atoms with Gasteiger partial charge in [0, 0.05) is 29.2 Å². The van der Waals surface area contributed by atoms with Crippen molar-refractivity contribution in [3.63, 3.8) is 0 Å². The van der Waals surface area contributed by atoms with E-state index in [4.69, 9.17) is 21.3 Å². The van der Waals surface area contributed by atoms with Gasteiger partial charge >= 0.3 is 6.18 Å². The van der Waals surface area contributed by atoms with Crippen LogP contribution in [0.2, 0.25) is 5.02 Å². The number of halogens is 4. The molecule has 3 N–H and O–H groups in total. The van der Waals surface area contributed by atoms with Crippen molar-refractivity contribution in [2.75, 3.05) is 11.9 Å². The number of benzene rings is 2. The summed E-state index contributed by atoms with van der Waals surface area (Å²) in [6.45, 7) is 0.175. The van der Waals surface area contributed by atoms with Crippen LogP contribution in [0.25, 0.3) is 11.4 Å². The molecule has 0 amide bonds. The highest BCUT2D eigenvalue weighted by Crippen LogP contribution is 2.35. The zero-order chi connectivity index (χ0) is 21.2. The quantitative estimate of drug-likeness (QED) is 0.597. The van der Waals surface area contributed by atoms with E-state index in [1.807, 2.05) is 0 Å². The van der Waals surface area contributed by atoms with Crippen molar-refractivity contribution in [2.24, 2.45) is 5.14 Å². The normalized spacial score (nSPS) is 12.2. The lowest BCUT2D eigenvalue weighted by atomic mass is 10.2. The van der Waals surface area contributed by atoms with Gasteiger partial charge in [-0.2, -0.15) is 18.2 Å². The lowest BCUT2D eigenvalue weighted by molar-refractivity contribution is -0.139. The van der Waals surface area contributed by atoms with Gasteiger partial charge in [-0.15, -0.1) is 0 Å². The first-order valence-electron chi connectivity index (χ1n) is 8.10. The van der Waals surface area contributed by atoms with E-state index < -0.39 is 26.7 Å². The molecule has 1 aromatic heterocycles. The number of aromatic nitrogens is 2. The maximum absolute atomic E-state index is 13.1. The van der Waals surface area contributed by atoms with E-state index in [1.165, 1.54) is 6.07 Å². The van der Waals surface area contributed by atoms with Crippen molar-refractivity contribution in [2.45, 2.75) is 17.5 Å². The van der Waals surface area contributed by atoms with Crippen LogP contribution in [0.15, 0.2) is 51.9 Å². The summed E-state index contributed by atoms with van der Waals surface area (Å²) < 4.78 is 67.3. The number of hydrogen-bond acceptors (Lipinski definition) is 6. The second-order valence-electron chi connectivity index (χ2n) is 5.95. The van der Waals surface area contributed by atoms with Crippen LogP contribution in [0, 0.1) is 0 Å². The first-order chi connectivity index (χ1) is 13.5. The number of alkyl halides is 3. The molecule has 154 valence electrons. The van der Waals surface area contributed by atoms with Crippen LogP contribution in [-0.4, -0.2) is 25.1 Å². The van der Waals surface area contributed by atoms with Crippen LogP contribution in [0.5, 0.6) is 0 Å². The third kappa shape index (κ3) is 5.25. The minimum atomic E-state index is -4.88. The Morgan fingerprint density at radius 2 is 1.83 bits per heavy atom. The number of hydrogen-bond donors (Lipinski definition) is 2. The molecule has 0 fully saturated rings. The van der Waals surface area contributed by atoms with E-state index in [1.54, 1.807) is 24.3 Å². The molecule has 0 saturated heterocycles. The molecule has 0 radical (unpaired) electrons. The summed E-state index contributed by atoms with van der Waals surface area (Å²) in [7, 11) is -4.51. The Balaban J connectivity index is 1.69. The fourth-order valence-corrected chi connectivity index (χ4v) is 3.36. The number of anilines is 1. The summed E-state index contributed by atoms with van der Waals surface area (Å²) in [4.78, 5) is 3.22. The third-order valence-electron chi connectivity index (χ3n) is 3.83. The SMILES string of the molecule is NS(=O)(=O)c1ccc(NCCc2nc(-c3ccc(Cl)cc3)no2)cc1C(F)(F)F. The number of nitrogens with two attached hydrogens (primary N) is 1. The first-order valence-corrected chi connectivity index (χ1v) is 10.0. The number of sulfonamides is 1. The van der Waals surface area contributed by atoms with Gasteiger partial charge in [0.2, 0.25) is 21.7 Å². The summed E-state index contributed by atoms with van der Waals surface area (Å²) in [5, 5.41) is 12.0.